The number of rotatable bonds is 1. The number of methoxy groups -OCH3 is 1. The second-order valence-electron chi connectivity index (χ2n) is 1.07. The summed E-state index contributed by atoms with van der Waals surface area (Å²) in [7, 11) is 0.956. The molecule has 5 heteroatoms. The zero-order valence-corrected chi connectivity index (χ0v) is 6.04. The molecular formula is C4H3BrF2O2. The molecule has 0 fully saturated rings. The van der Waals surface area contributed by atoms with Gasteiger partial charge in [0.15, 0.2) is 0 Å². The van der Waals surface area contributed by atoms with Gasteiger partial charge in [-0.1, -0.05) is 0 Å². The van der Waals surface area contributed by atoms with Crippen molar-refractivity contribution in [3.8, 4) is 0 Å². The maximum Gasteiger partial charge on any atom is 0.370 e. The van der Waals surface area contributed by atoms with Crippen molar-refractivity contribution in [1.29, 1.82) is 0 Å². The van der Waals surface area contributed by atoms with Crippen LogP contribution in [0.2, 0.25) is 0 Å². The highest BCUT2D eigenvalue weighted by molar-refractivity contribution is 9.11. The fourth-order valence-corrected chi connectivity index (χ4v) is 0.329. The highest BCUT2D eigenvalue weighted by atomic mass is 79.9. The number of halogens is 3. The summed E-state index contributed by atoms with van der Waals surface area (Å²) in [4.78, 5) is 10.0. The minimum atomic E-state index is -1.56. The van der Waals surface area contributed by atoms with Gasteiger partial charge in [0.05, 0.1) is 7.11 Å². The largest absolute Gasteiger partial charge is 0.464 e. The van der Waals surface area contributed by atoms with Crippen LogP contribution in [0.5, 0.6) is 0 Å². The van der Waals surface area contributed by atoms with Gasteiger partial charge in [0.25, 0.3) is 5.83 Å². The van der Waals surface area contributed by atoms with Crippen LogP contribution in [0.4, 0.5) is 8.78 Å². The van der Waals surface area contributed by atoms with E-state index in [1.807, 2.05) is 0 Å². The van der Waals surface area contributed by atoms with Gasteiger partial charge in [-0.05, 0) is 15.9 Å². The molecule has 0 heterocycles. The lowest BCUT2D eigenvalue weighted by Crippen LogP contribution is -2.00. The lowest BCUT2D eigenvalue weighted by molar-refractivity contribution is -0.137. The molecule has 0 unspecified atom stereocenters. The number of carbonyl (C=O) groups excluding carboxylic acids is 1. The standard InChI is InChI=1S/C4H3BrF2O2/c1-9-4(8)2(6)3(5)7/h1H3. The summed E-state index contributed by atoms with van der Waals surface area (Å²) >= 11 is 2.12. The quantitative estimate of drug-likeness (QED) is 0.476. The Hall–Kier alpha value is -0.450. The van der Waals surface area contributed by atoms with Crippen molar-refractivity contribution < 1.29 is 18.3 Å². The molecule has 0 radical (unpaired) electrons. The zero-order valence-electron chi connectivity index (χ0n) is 4.45. The number of hydrogen-bond donors (Lipinski definition) is 0. The van der Waals surface area contributed by atoms with E-state index in [2.05, 4.69) is 20.7 Å². The van der Waals surface area contributed by atoms with E-state index in [0.717, 1.165) is 7.11 Å². The minimum absolute atomic E-state index is 0.956. The van der Waals surface area contributed by atoms with Gasteiger partial charge in [0.2, 0.25) is 4.74 Å². The van der Waals surface area contributed by atoms with E-state index in [-0.39, 0.29) is 0 Å². The normalized spacial score (nSPS) is 12.4. The number of carbonyl (C=O) groups is 1. The van der Waals surface area contributed by atoms with Crippen LogP contribution in [0.25, 0.3) is 0 Å². The molecule has 0 aliphatic heterocycles. The molecule has 2 nitrogen and oxygen atoms in total. The molecule has 0 atom stereocenters. The molecule has 0 N–H and O–H groups in total. The molecule has 0 aromatic rings. The van der Waals surface area contributed by atoms with E-state index in [1.165, 1.54) is 0 Å². The Balaban J connectivity index is 4.21. The molecule has 0 aliphatic rings. The second kappa shape index (κ2) is 3.55. The Morgan fingerprint density at radius 2 is 2.00 bits per heavy atom. The summed E-state index contributed by atoms with van der Waals surface area (Å²) in [6, 6.07) is 0. The average molecular weight is 201 g/mol. The van der Waals surface area contributed by atoms with Crippen molar-refractivity contribution in [2.75, 3.05) is 7.11 Å². The highest BCUT2D eigenvalue weighted by Crippen LogP contribution is 2.14. The molecule has 0 aliphatic carbocycles. The van der Waals surface area contributed by atoms with Crippen molar-refractivity contribution in [2.45, 2.75) is 0 Å². The third-order valence-corrected chi connectivity index (χ3v) is 0.879. The smallest absolute Gasteiger partial charge is 0.370 e. The molecular weight excluding hydrogens is 198 g/mol. The Bertz CT molecular complexity index is 151. The third kappa shape index (κ3) is 2.55. The van der Waals surface area contributed by atoms with E-state index < -0.39 is 16.5 Å². The molecule has 0 aromatic carbocycles. The van der Waals surface area contributed by atoms with Crippen LogP contribution in [0, 0.1) is 0 Å². The van der Waals surface area contributed by atoms with Gasteiger partial charge in [-0.25, -0.2) is 4.79 Å². The summed E-state index contributed by atoms with van der Waals surface area (Å²) in [5, 5.41) is 0. The minimum Gasteiger partial charge on any atom is -0.464 e. The molecule has 0 saturated carbocycles. The van der Waals surface area contributed by atoms with Gasteiger partial charge in [-0.15, -0.1) is 0 Å². The first kappa shape index (κ1) is 8.55. The monoisotopic (exact) mass is 200 g/mol. The van der Waals surface area contributed by atoms with Gasteiger partial charge < -0.3 is 4.74 Å². The first-order chi connectivity index (χ1) is 4.09. The van der Waals surface area contributed by atoms with E-state index in [9.17, 15) is 13.6 Å². The van der Waals surface area contributed by atoms with Crippen molar-refractivity contribution >= 4 is 21.9 Å². The Morgan fingerprint density at radius 3 is 2.11 bits per heavy atom. The predicted molar refractivity (Wildman–Crippen MR) is 30.2 cm³/mol. The fourth-order valence-electron chi connectivity index (χ4n) is 0.167. The topological polar surface area (TPSA) is 26.3 Å². The third-order valence-electron chi connectivity index (χ3n) is 0.531. The average Bonchev–Trinajstić information content (AvgIpc) is 1.84. The van der Waals surface area contributed by atoms with Gasteiger partial charge in [0.1, 0.15) is 0 Å². The summed E-state index contributed by atoms with van der Waals surface area (Å²) in [6.07, 6.45) is 0. The first-order valence-electron chi connectivity index (χ1n) is 1.88. The van der Waals surface area contributed by atoms with Crippen molar-refractivity contribution in [3.05, 3.63) is 10.6 Å². The SMILES string of the molecule is COC(=O)C(F)=C(F)Br. The van der Waals surface area contributed by atoms with E-state index in [0.29, 0.717) is 0 Å². The number of ether oxygens (including phenoxy) is 1. The van der Waals surface area contributed by atoms with Gasteiger partial charge >= 0.3 is 5.97 Å². The van der Waals surface area contributed by atoms with E-state index in [4.69, 9.17) is 0 Å². The molecule has 0 spiro atoms. The van der Waals surface area contributed by atoms with E-state index >= 15 is 0 Å². The van der Waals surface area contributed by atoms with Crippen LogP contribution >= 0.6 is 15.9 Å². The van der Waals surface area contributed by atoms with Crippen LogP contribution in [0.15, 0.2) is 10.6 Å². The van der Waals surface area contributed by atoms with Gasteiger partial charge in [-0.3, -0.25) is 0 Å². The van der Waals surface area contributed by atoms with Crippen molar-refractivity contribution in [2.24, 2.45) is 0 Å². The molecule has 0 aromatic heterocycles. The van der Waals surface area contributed by atoms with Gasteiger partial charge in [-0.2, -0.15) is 8.78 Å². The number of hydrogen-bond acceptors (Lipinski definition) is 2. The Morgan fingerprint density at radius 1 is 1.56 bits per heavy atom. The maximum absolute atomic E-state index is 11.9. The van der Waals surface area contributed by atoms with Gasteiger partial charge in [0, 0.05) is 0 Å². The van der Waals surface area contributed by atoms with Crippen molar-refractivity contribution in [1.82, 2.24) is 0 Å². The fraction of sp³-hybridized carbons (Fsp3) is 0.250. The maximum atomic E-state index is 11.9. The van der Waals surface area contributed by atoms with E-state index in [1.54, 1.807) is 0 Å². The molecule has 0 amide bonds. The van der Waals surface area contributed by atoms with Crippen LogP contribution in [-0.2, 0) is 9.53 Å². The first-order valence-corrected chi connectivity index (χ1v) is 2.68. The molecule has 0 rings (SSSR count). The molecule has 0 saturated heterocycles. The predicted octanol–water partition coefficient (Wildman–Crippen LogP) is 1.66. The number of esters is 1. The molecule has 52 valence electrons. The summed E-state index contributed by atoms with van der Waals surface area (Å²) in [6.45, 7) is 0. The lowest BCUT2D eigenvalue weighted by atomic mass is 10.6. The summed E-state index contributed by atoms with van der Waals surface area (Å²) < 4.78 is 26.0. The summed E-state index contributed by atoms with van der Waals surface area (Å²) in [5.74, 6) is -2.89. The van der Waals surface area contributed by atoms with Crippen LogP contribution in [-0.4, -0.2) is 13.1 Å². The lowest BCUT2D eigenvalue weighted by Gasteiger charge is -1.91. The Labute approximate surface area is 58.6 Å². The van der Waals surface area contributed by atoms with Crippen LogP contribution in [0.3, 0.4) is 0 Å². The summed E-state index contributed by atoms with van der Waals surface area (Å²) in [5.41, 5.74) is 0. The second-order valence-corrected chi connectivity index (χ2v) is 1.76. The highest BCUT2D eigenvalue weighted by Gasteiger charge is 2.12. The van der Waals surface area contributed by atoms with Crippen LogP contribution < -0.4 is 0 Å². The molecule has 0 bridgehead atoms. The zero-order chi connectivity index (χ0) is 7.44. The van der Waals surface area contributed by atoms with Crippen LogP contribution in [0.1, 0.15) is 0 Å². The van der Waals surface area contributed by atoms with Crippen molar-refractivity contribution in [3.63, 3.8) is 0 Å². The molecule has 9 heavy (non-hydrogen) atoms. The Kier molecular flexibility index (Phi) is 3.37.